The molecule has 0 amide bonds. The van der Waals surface area contributed by atoms with Crippen molar-refractivity contribution in [3.05, 3.63) is 80.0 Å². The molecule has 0 spiro atoms. The first kappa shape index (κ1) is 20.6. The number of aromatic nitrogens is 2. The molecule has 4 rings (SSSR count). The number of halogens is 1. The Morgan fingerprint density at radius 3 is 2.57 bits per heavy atom. The van der Waals surface area contributed by atoms with Crippen LogP contribution in [-0.4, -0.2) is 14.7 Å². The van der Waals surface area contributed by atoms with Gasteiger partial charge in [0.25, 0.3) is 10.5 Å². The van der Waals surface area contributed by atoms with Gasteiger partial charge in [0.15, 0.2) is 0 Å². The number of benzene rings is 2. The first-order chi connectivity index (χ1) is 14.5. The smallest absolute Gasteiger partial charge is 0.288 e. The largest absolute Gasteiger partial charge is 0.414 e. The van der Waals surface area contributed by atoms with Crippen LogP contribution in [0, 0.1) is 15.0 Å². The fourth-order valence-corrected chi connectivity index (χ4v) is 4.21. The highest BCUT2D eigenvalue weighted by Crippen LogP contribution is 2.40. The van der Waals surface area contributed by atoms with Gasteiger partial charge in [-0.3, -0.25) is 10.1 Å². The molecule has 2 aromatic carbocycles. The van der Waals surface area contributed by atoms with Crippen molar-refractivity contribution in [3.8, 4) is 0 Å². The molecule has 156 valence electrons. The molecule has 1 aliphatic carbocycles. The lowest BCUT2D eigenvalue weighted by Crippen LogP contribution is -2.14. The molecular formula is C21H21ClN4O3S. The highest BCUT2D eigenvalue weighted by atomic mass is 35.5. The zero-order valence-electron chi connectivity index (χ0n) is 16.2. The van der Waals surface area contributed by atoms with E-state index in [2.05, 4.69) is 22.5 Å². The van der Waals surface area contributed by atoms with Crippen LogP contribution in [0.4, 0.5) is 11.4 Å². The summed E-state index contributed by atoms with van der Waals surface area (Å²) in [6.07, 6.45) is 4.10. The monoisotopic (exact) mass is 444 g/mol. The molecule has 0 saturated heterocycles. The normalized spacial score (nSPS) is 18.8. The van der Waals surface area contributed by atoms with Gasteiger partial charge < -0.3 is 9.73 Å². The average Bonchev–Trinajstić information content (AvgIpc) is 3.14. The van der Waals surface area contributed by atoms with Crippen LogP contribution in [0.1, 0.15) is 49.0 Å². The van der Waals surface area contributed by atoms with Crippen LogP contribution < -0.4 is 5.32 Å². The number of anilines is 1. The van der Waals surface area contributed by atoms with Crippen LogP contribution in [0.3, 0.4) is 0 Å². The fraction of sp³-hybridized carbons (Fsp3) is 0.333. The third-order valence-electron chi connectivity index (χ3n) is 5.53. The van der Waals surface area contributed by atoms with E-state index in [0.717, 1.165) is 30.7 Å². The summed E-state index contributed by atoms with van der Waals surface area (Å²) in [4.78, 5) is 10.8. The van der Waals surface area contributed by atoms with Crippen LogP contribution in [0.5, 0.6) is 0 Å². The molecule has 1 aromatic heterocycles. The number of nitro groups is 1. The van der Waals surface area contributed by atoms with Gasteiger partial charge in [-0.1, -0.05) is 29.8 Å². The van der Waals surface area contributed by atoms with E-state index in [0.29, 0.717) is 22.3 Å². The Morgan fingerprint density at radius 1 is 1.17 bits per heavy atom. The van der Waals surface area contributed by atoms with Gasteiger partial charge in [0, 0.05) is 28.8 Å². The van der Waals surface area contributed by atoms with E-state index in [1.807, 2.05) is 12.1 Å². The number of hydrogen-bond donors (Lipinski definition) is 1. The molecule has 0 bridgehead atoms. The summed E-state index contributed by atoms with van der Waals surface area (Å²) in [5.74, 6) is 1.43. The molecule has 0 atom stereocenters. The third kappa shape index (κ3) is 4.71. The third-order valence-corrected chi connectivity index (χ3v) is 6.08. The Balaban J connectivity index is 1.37. The predicted octanol–water partition coefficient (Wildman–Crippen LogP) is 6.28. The van der Waals surface area contributed by atoms with Crippen molar-refractivity contribution < 1.29 is 9.34 Å². The molecule has 1 N–H and O–H groups in total. The fourth-order valence-electron chi connectivity index (χ4n) is 3.89. The maximum atomic E-state index is 10.9. The summed E-state index contributed by atoms with van der Waals surface area (Å²) in [7, 11) is 0. The Labute approximate surface area is 183 Å². The van der Waals surface area contributed by atoms with Crippen molar-refractivity contribution in [2.45, 2.75) is 44.2 Å². The lowest BCUT2D eigenvalue weighted by molar-refractivity contribution is -0.384. The lowest BCUT2D eigenvalue weighted by atomic mass is 9.79. The molecule has 1 heterocycles. The van der Waals surface area contributed by atoms with Crippen molar-refractivity contribution in [2.75, 3.05) is 5.32 Å². The second kappa shape index (κ2) is 8.97. The maximum absolute atomic E-state index is 10.9. The molecule has 30 heavy (non-hydrogen) atoms. The summed E-state index contributed by atoms with van der Waals surface area (Å²) in [5.41, 5.74) is 1.98. The topological polar surface area (TPSA) is 86.1 Å². The zero-order valence-corrected chi connectivity index (χ0v) is 17.7. The molecular weight excluding hydrogens is 424 g/mol. The van der Waals surface area contributed by atoms with Gasteiger partial charge in [-0.05, 0) is 67.6 Å². The number of rotatable bonds is 6. The SMILES string of the molecule is O=[N+]([O-])c1cccc(NCn2nc(C3CCC(c4ccc(Cl)cc4)CC3)oc2=S)c1. The van der Waals surface area contributed by atoms with Crippen molar-refractivity contribution in [2.24, 2.45) is 0 Å². The Morgan fingerprint density at radius 2 is 1.87 bits per heavy atom. The van der Waals surface area contributed by atoms with Gasteiger partial charge >= 0.3 is 0 Å². The van der Waals surface area contributed by atoms with Crippen molar-refractivity contribution >= 4 is 35.2 Å². The summed E-state index contributed by atoms with van der Waals surface area (Å²) in [6, 6.07) is 14.4. The Hall–Kier alpha value is -2.71. The summed E-state index contributed by atoms with van der Waals surface area (Å²) in [5, 5.41) is 19.3. The van der Waals surface area contributed by atoms with Crippen molar-refractivity contribution in [1.82, 2.24) is 9.78 Å². The second-order valence-corrected chi connectivity index (χ2v) is 8.23. The predicted molar refractivity (Wildman–Crippen MR) is 117 cm³/mol. The number of non-ortho nitro benzene ring substituents is 1. The highest BCUT2D eigenvalue weighted by Gasteiger charge is 2.27. The van der Waals surface area contributed by atoms with Crippen LogP contribution >= 0.6 is 23.8 Å². The van der Waals surface area contributed by atoms with Gasteiger partial charge in [-0.2, -0.15) is 0 Å². The zero-order chi connectivity index (χ0) is 21.1. The van der Waals surface area contributed by atoms with Crippen LogP contribution in [0.2, 0.25) is 5.02 Å². The standard InChI is InChI=1S/C21H21ClN4O3S/c22-17-10-8-15(9-11-17)14-4-6-16(7-5-14)20-24-25(21(30)29-20)13-23-18-2-1-3-19(12-18)26(27)28/h1-3,8-12,14,16,23H,4-7,13H2. The molecule has 3 aromatic rings. The minimum atomic E-state index is -0.425. The second-order valence-electron chi connectivity index (χ2n) is 7.45. The molecule has 7 nitrogen and oxygen atoms in total. The first-order valence-corrected chi connectivity index (χ1v) is 10.6. The number of nitro benzene ring substituents is 1. The van der Waals surface area contributed by atoms with Gasteiger partial charge in [0.05, 0.1) is 4.92 Å². The molecule has 1 fully saturated rings. The summed E-state index contributed by atoms with van der Waals surface area (Å²) >= 11 is 11.3. The van der Waals surface area contributed by atoms with E-state index in [1.54, 1.807) is 16.8 Å². The first-order valence-electron chi connectivity index (χ1n) is 9.81. The van der Waals surface area contributed by atoms with Crippen LogP contribution in [-0.2, 0) is 6.67 Å². The Kier molecular flexibility index (Phi) is 6.15. The number of nitrogens with one attached hydrogen (secondary N) is 1. The van der Waals surface area contributed by atoms with E-state index < -0.39 is 4.92 Å². The van der Waals surface area contributed by atoms with Crippen molar-refractivity contribution in [3.63, 3.8) is 0 Å². The summed E-state index contributed by atoms with van der Waals surface area (Å²) < 4.78 is 7.34. The van der Waals surface area contributed by atoms with Gasteiger partial charge in [-0.25, -0.2) is 4.68 Å². The molecule has 0 unspecified atom stereocenters. The van der Waals surface area contributed by atoms with E-state index in [4.69, 9.17) is 28.2 Å². The van der Waals surface area contributed by atoms with E-state index in [-0.39, 0.29) is 18.3 Å². The minimum Gasteiger partial charge on any atom is -0.414 e. The quantitative estimate of drug-likeness (QED) is 0.273. The molecule has 0 radical (unpaired) electrons. The van der Waals surface area contributed by atoms with Crippen molar-refractivity contribution in [1.29, 1.82) is 0 Å². The van der Waals surface area contributed by atoms with E-state index >= 15 is 0 Å². The number of nitrogens with zero attached hydrogens (tertiary/aromatic N) is 3. The highest BCUT2D eigenvalue weighted by molar-refractivity contribution is 7.71. The van der Waals surface area contributed by atoms with Crippen LogP contribution in [0.25, 0.3) is 0 Å². The van der Waals surface area contributed by atoms with Gasteiger partial charge in [0.2, 0.25) is 5.89 Å². The number of hydrogen-bond acceptors (Lipinski definition) is 6. The van der Waals surface area contributed by atoms with E-state index in [9.17, 15) is 10.1 Å². The molecule has 1 saturated carbocycles. The van der Waals surface area contributed by atoms with Crippen LogP contribution in [0.15, 0.2) is 52.9 Å². The average molecular weight is 445 g/mol. The molecule has 1 aliphatic rings. The maximum Gasteiger partial charge on any atom is 0.288 e. The minimum absolute atomic E-state index is 0.0295. The van der Waals surface area contributed by atoms with Gasteiger partial charge in [-0.15, -0.1) is 5.10 Å². The van der Waals surface area contributed by atoms with E-state index in [1.165, 1.54) is 17.7 Å². The van der Waals surface area contributed by atoms with Gasteiger partial charge in [0.1, 0.15) is 6.67 Å². The lowest BCUT2D eigenvalue weighted by Gasteiger charge is -2.26. The molecule has 9 heteroatoms. The Bertz CT molecular complexity index is 1090. The summed E-state index contributed by atoms with van der Waals surface area (Å²) in [6.45, 7) is 0.281. The molecule has 0 aliphatic heterocycles.